The monoisotopic (exact) mass is 454 g/mol. The zero-order valence-electron chi connectivity index (χ0n) is 16.4. The van der Waals surface area contributed by atoms with Crippen molar-refractivity contribution in [3.05, 3.63) is 51.4 Å². The number of anilines is 1. The van der Waals surface area contributed by atoms with E-state index in [1.54, 1.807) is 23.5 Å². The molecule has 0 radical (unpaired) electrons. The molecule has 1 aromatic carbocycles. The van der Waals surface area contributed by atoms with Gasteiger partial charge in [0, 0.05) is 42.5 Å². The van der Waals surface area contributed by atoms with Crippen LogP contribution in [0.4, 0.5) is 5.00 Å². The Labute approximate surface area is 184 Å². The standard InChI is InChI=1S/C21H27ClN2O5S/c22-15-3-1-12(21-20(28)19(27)18(26)16(11-25)29-21)9-13(15)10-14-2-4-17(30-14)24-7-5-23-6-8-24/h1-4,9,16,18-21,23,25-28H,5-8,10-11H2/t16-,18-,19+,20-,21+/m1/s1. The topological polar surface area (TPSA) is 105 Å². The maximum absolute atomic E-state index is 10.4. The van der Waals surface area contributed by atoms with Crippen LogP contribution in [0.15, 0.2) is 30.3 Å². The molecule has 7 nitrogen and oxygen atoms in total. The van der Waals surface area contributed by atoms with Crippen LogP contribution in [0.3, 0.4) is 0 Å². The summed E-state index contributed by atoms with van der Waals surface area (Å²) >= 11 is 8.18. The molecule has 2 aliphatic rings. The van der Waals surface area contributed by atoms with Gasteiger partial charge < -0.3 is 35.4 Å². The van der Waals surface area contributed by atoms with Crippen molar-refractivity contribution >= 4 is 27.9 Å². The highest BCUT2D eigenvalue weighted by molar-refractivity contribution is 7.16. The third kappa shape index (κ3) is 4.51. The summed E-state index contributed by atoms with van der Waals surface area (Å²) in [4.78, 5) is 3.55. The number of thiophene rings is 1. The summed E-state index contributed by atoms with van der Waals surface area (Å²) in [5, 5.41) is 45.1. The summed E-state index contributed by atoms with van der Waals surface area (Å²) in [6, 6.07) is 9.59. The van der Waals surface area contributed by atoms with Gasteiger partial charge in [-0.05, 0) is 29.3 Å². The van der Waals surface area contributed by atoms with Crippen molar-refractivity contribution in [1.82, 2.24) is 5.32 Å². The van der Waals surface area contributed by atoms with Gasteiger partial charge >= 0.3 is 0 Å². The summed E-state index contributed by atoms with van der Waals surface area (Å²) < 4.78 is 5.68. The molecular formula is C21H27ClN2O5S. The van der Waals surface area contributed by atoms with Crippen LogP contribution in [0.1, 0.15) is 22.1 Å². The Hall–Kier alpha value is -1.23. The van der Waals surface area contributed by atoms with Crippen LogP contribution in [0.2, 0.25) is 5.02 Å². The second-order valence-electron chi connectivity index (χ2n) is 7.75. The molecule has 1 aromatic heterocycles. The first kappa shape index (κ1) is 22.0. The predicted octanol–water partition coefficient (Wildman–Crippen LogP) is 0.917. The molecule has 4 rings (SSSR count). The average Bonchev–Trinajstić information content (AvgIpc) is 3.23. The van der Waals surface area contributed by atoms with E-state index in [4.69, 9.17) is 16.3 Å². The molecule has 5 atom stereocenters. The zero-order valence-corrected chi connectivity index (χ0v) is 18.0. The number of hydrogen-bond donors (Lipinski definition) is 5. The van der Waals surface area contributed by atoms with E-state index in [1.165, 1.54) is 9.88 Å². The lowest BCUT2D eigenvalue weighted by molar-refractivity contribution is -0.231. The summed E-state index contributed by atoms with van der Waals surface area (Å²) in [6.45, 7) is 3.51. The lowest BCUT2D eigenvalue weighted by Gasteiger charge is -2.40. The number of halogens is 1. The van der Waals surface area contributed by atoms with Crippen molar-refractivity contribution < 1.29 is 25.2 Å². The van der Waals surface area contributed by atoms with Crippen LogP contribution < -0.4 is 10.2 Å². The van der Waals surface area contributed by atoms with E-state index in [0.717, 1.165) is 31.7 Å². The molecule has 0 aliphatic carbocycles. The molecule has 164 valence electrons. The van der Waals surface area contributed by atoms with Gasteiger partial charge in [-0.2, -0.15) is 0 Å². The molecular weight excluding hydrogens is 428 g/mol. The van der Waals surface area contributed by atoms with Crippen molar-refractivity contribution in [1.29, 1.82) is 0 Å². The molecule has 2 aliphatic heterocycles. The fourth-order valence-electron chi connectivity index (χ4n) is 3.99. The fraction of sp³-hybridized carbons (Fsp3) is 0.524. The second kappa shape index (κ2) is 9.50. The average molecular weight is 455 g/mol. The number of rotatable bonds is 5. The van der Waals surface area contributed by atoms with Gasteiger partial charge in [0.25, 0.3) is 0 Å². The number of ether oxygens (including phenoxy) is 1. The van der Waals surface area contributed by atoms with E-state index in [2.05, 4.69) is 22.3 Å². The number of piperazine rings is 1. The minimum Gasteiger partial charge on any atom is -0.394 e. The highest BCUT2D eigenvalue weighted by atomic mass is 35.5. The third-order valence-electron chi connectivity index (χ3n) is 5.73. The van der Waals surface area contributed by atoms with Gasteiger partial charge in [0.15, 0.2) is 0 Å². The van der Waals surface area contributed by atoms with E-state index >= 15 is 0 Å². The Morgan fingerprint density at radius 1 is 1.07 bits per heavy atom. The van der Waals surface area contributed by atoms with Crippen molar-refractivity contribution in [3.63, 3.8) is 0 Å². The smallest absolute Gasteiger partial charge is 0.113 e. The molecule has 2 saturated heterocycles. The van der Waals surface area contributed by atoms with Crippen LogP contribution in [-0.2, 0) is 11.2 Å². The maximum atomic E-state index is 10.4. The first-order chi connectivity index (χ1) is 14.5. The number of hydrogen-bond acceptors (Lipinski definition) is 8. The van der Waals surface area contributed by atoms with Gasteiger partial charge in [0.1, 0.15) is 30.5 Å². The summed E-state index contributed by atoms with van der Waals surface area (Å²) in [5.74, 6) is 0. The van der Waals surface area contributed by atoms with Gasteiger partial charge in [-0.15, -0.1) is 11.3 Å². The fourth-order valence-corrected chi connectivity index (χ4v) is 5.25. The zero-order chi connectivity index (χ0) is 21.3. The van der Waals surface area contributed by atoms with E-state index in [1.807, 2.05) is 6.07 Å². The largest absolute Gasteiger partial charge is 0.394 e. The van der Waals surface area contributed by atoms with E-state index in [-0.39, 0.29) is 0 Å². The minimum absolute atomic E-state index is 0.452. The number of aliphatic hydroxyl groups is 4. The lowest BCUT2D eigenvalue weighted by atomic mass is 9.90. The van der Waals surface area contributed by atoms with Gasteiger partial charge in [-0.3, -0.25) is 0 Å². The molecule has 30 heavy (non-hydrogen) atoms. The molecule has 0 saturated carbocycles. The predicted molar refractivity (Wildman–Crippen MR) is 116 cm³/mol. The van der Waals surface area contributed by atoms with Crippen LogP contribution in [-0.4, -0.2) is 77.6 Å². The molecule has 3 heterocycles. The van der Waals surface area contributed by atoms with Gasteiger partial charge in [0.05, 0.1) is 11.6 Å². The van der Waals surface area contributed by atoms with Crippen molar-refractivity contribution in [2.45, 2.75) is 36.9 Å². The number of nitrogens with one attached hydrogen (secondary N) is 1. The highest BCUT2D eigenvalue weighted by Gasteiger charge is 2.44. The van der Waals surface area contributed by atoms with Crippen molar-refractivity contribution in [2.75, 3.05) is 37.7 Å². The molecule has 2 aromatic rings. The summed E-state index contributed by atoms with van der Waals surface area (Å²) in [7, 11) is 0. The van der Waals surface area contributed by atoms with E-state index in [9.17, 15) is 20.4 Å². The van der Waals surface area contributed by atoms with Crippen LogP contribution in [0.25, 0.3) is 0 Å². The normalized spacial score (nSPS) is 29.9. The van der Waals surface area contributed by atoms with Crippen molar-refractivity contribution in [2.24, 2.45) is 0 Å². The Kier molecular flexibility index (Phi) is 6.96. The lowest BCUT2D eigenvalue weighted by Crippen LogP contribution is -2.55. The molecule has 0 amide bonds. The second-order valence-corrected chi connectivity index (χ2v) is 9.31. The maximum Gasteiger partial charge on any atom is 0.113 e. The van der Waals surface area contributed by atoms with Crippen molar-refractivity contribution in [3.8, 4) is 0 Å². The van der Waals surface area contributed by atoms with Crippen LogP contribution in [0.5, 0.6) is 0 Å². The van der Waals surface area contributed by atoms with Crippen LogP contribution in [0, 0.1) is 0 Å². The minimum atomic E-state index is -1.40. The van der Waals surface area contributed by atoms with Gasteiger partial charge in [0.2, 0.25) is 0 Å². The quantitative estimate of drug-likeness (QED) is 0.457. The summed E-state index contributed by atoms with van der Waals surface area (Å²) in [6.07, 6.45) is -5.25. The first-order valence-electron chi connectivity index (χ1n) is 10.1. The Bertz CT molecular complexity index is 858. The first-order valence-corrected chi connectivity index (χ1v) is 11.3. The summed E-state index contributed by atoms with van der Waals surface area (Å²) in [5.41, 5.74) is 1.53. The number of aliphatic hydroxyl groups excluding tert-OH is 4. The Morgan fingerprint density at radius 2 is 1.83 bits per heavy atom. The molecule has 0 unspecified atom stereocenters. The molecule has 0 bridgehead atoms. The molecule has 0 spiro atoms. The van der Waals surface area contributed by atoms with Crippen LogP contribution >= 0.6 is 22.9 Å². The molecule has 2 fully saturated rings. The van der Waals surface area contributed by atoms with Gasteiger partial charge in [-0.25, -0.2) is 0 Å². The Morgan fingerprint density at radius 3 is 2.57 bits per heavy atom. The molecule has 9 heteroatoms. The van der Waals surface area contributed by atoms with E-state index < -0.39 is 37.1 Å². The van der Waals surface area contributed by atoms with E-state index in [0.29, 0.717) is 17.0 Å². The highest BCUT2D eigenvalue weighted by Crippen LogP contribution is 2.35. The SMILES string of the molecule is OC[C@H]1O[C@@H](c2ccc(Cl)c(Cc3ccc(N4CCNCC4)s3)c2)[C@H](O)[C@@H](O)[C@@H]1O. The Balaban J connectivity index is 1.53. The molecule has 5 N–H and O–H groups in total. The number of benzene rings is 1. The number of nitrogens with zero attached hydrogens (tertiary/aromatic N) is 1. The van der Waals surface area contributed by atoms with Gasteiger partial charge in [-0.1, -0.05) is 23.7 Å². The third-order valence-corrected chi connectivity index (χ3v) is 7.25.